The molecule has 7 unspecified atom stereocenters. The van der Waals surface area contributed by atoms with Crippen LogP contribution in [-0.4, -0.2) is 36.1 Å². The third kappa shape index (κ3) is 2.75. The largest absolute Gasteiger partial charge is 0.458 e. The van der Waals surface area contributed by atoms with Crippen LogP contribution in [0.4, 0.5) is 0 Å². The average molecular weight is 347 g/mol. The van der Waals surface area contributed by atoms with Crippen molar-refractivity contribution in [1.29, 1.82) is 0 Å². The number of carbonyl (C=O) groups excluding carboxylic acids is 3. The third-order valence-corrected chi connectivity index (χ3v) is 6.44. The molecular formula is C19H25NO5. The van der Waals surface area contributed by atoms with E-state index in [-0.39, 0.29) is 59.8 Å². The standard InChI is InChI=1S/C19H25NO5/c1-9(2)17(21)20-14-6-4-3-5-11(14)18(22)24-15-10-7-12-13(8-10)19(23)25-16(12)15/h10-16H,1,3-8H2,2H3,(H,20,21). The molecule has 136 valence electrons. The molecule has 4 aliphatic rings. The Bertz CT molecular complexity index is 629. The number of amides is 1. The minimum atomic E-state index is -0.330. The summed E-state index contributed by atoms with van der Waals surface area (Å²) in [6.07, 6.45) is 4.56. The lowest BCUT2D eigenvalue weighted by atomic mass is 9.84. The van der Waals surface area contributed by atoms with E-state index in [1.165, 1.54) is 0 Å². The van der Waals surface area contributed by atoms with Crippen LogP contribution < -0.4 is 5.32 Å². The minimum absolute atomic E-state index is 0.0160. The molecule has 0 radical (unpaired) electrons. The van der Waals surface area contributed by atoms with Crippen LogP contribution >= 0.6 is 0 Å². The normalized spacial score (nSPS) is 41.3. The van der Waals surface area contributed by atoms with Crippen molar-refractivity contribution in [3.63, 3.8) is 0 Å². The Kier molecular flexibility index (Phi) is 4.08. The van der Waals surface area contributed by atoms with Crippen molar-refractivity contribution in [1.82, 2.24) is 5.32 Å². The van der Waals surface area contributed by atoms with Crippen LogP contribution in [0.2, 0.25) is 0 Å². The van der Waals surface area contributed by atoms with Crippen molar-refractivity contribution in [2.24, 2.45) is 23.7 Å². The molecule has 6 heteroatoms. The first-order valence-electron chi connectivity index (χ1n) is 9.33. The molecule has 2 bridgehead atoms. The summed E-state index contributed by atoms with van der Waals surface area (Å²) in [5.41, 5.74) is 0.440. The second kappa shape index (κ2) is 6.15. The topological polar surface area (TPSA) is 81.7 Å². The maximum Gasteiger partial charge on any atom is 0.311 e. The van der Waals surface area contributed by atoms with Crippen molar-refractivity contribution in [3.8, 4) is 0 Å². The molecule has 0 aromatic heterocycles. The number of fused-ring (bicyclic) bond motifs is 1. The highest BCUT2D eigenvalue weighted by Crippen LogP contribution is 2.55. The van der Waals surface area contributed by atoms with Crippen LogP contribution in [0.5, 0.6) is 0 Å². The Balaban J connectivity index is 1.42. The van der Waals surface area contributed by atoms with E-state index in [1.54, 1.807) is 6.92 Å². The lowest BCUT2D eigenvalue weighted by Crippen LogP contribution is -2.47. The number of hydrogen-bond acceptors (Lipinski definition) is 5. The van der Waals surface area contributed by atoms with Gasteiger partial charge in [-0.3, -0.25) is 14.4 Å². The molecular weight excluding hydrogens is 322 g/mol. The molecule has 0 aromatic rings. The van der Waals surface area contributed by atoms with E-state index in [0.29, 0.717) is 12.0 Å². The zero-order chi connectivity index (χ0) is 17.7. The van der Waals surface area contributed by atoms with E-state index in [9.17, 15) is 14.4 Å². The molecule has 0 aromatic carbocycles. The number of ether oxygens (including phenoxy) is 2. The van der Waals surface area contributed by atoms with Crippen molar-refractivity contribution >= 4 is 17.8 Å². The first-order valence-corrected chi connectivity index (χ1v) is 9.33. The summed E-state index contributed by atoms with van der Waals surface area (Å²) in [4.78, 5) is 36.6. The molecule has 4 rings (SSSR count). The number of rotatable bonds is 4. The molecule has 7 atom stereocenters. The Labute approximate surface area is 147 Å². The van der Waals surface area contributed by atoms with Gasteiger partial charge in [0.1, 0.15) is 12.2 Å². The van der Waals surface area contributed by atoms with Crippen molar-refractivity contribution < 1.29 is 23.9 Å². The number of nitrogens with one attached hydrogen (secondary N) is 1. The third-order valence-electron chi connectivity index (χ3n) is 6.44. The highest BCUT2D eigenvalue weighted by atomic mass is 16.6. The van der Waals surface area contributed by atoms with Gasteiger partial charge in [-0.25, -0.2) is 0 Å². The SMILES string of the molecule is C=C(C)C(=O)NC1CCCCC1C(=O)OC1C2CC3C(=O)OC1C3C2. The molecule has 1 heterocycles. The highest BCUT2D eigenvalue weighted by molar-refractivity contribution is 5.92. The molecule has 25 heavy (non-hydrogen) atoms. The fourth-order valence-electron chi connectivity index (χ4n) is 5.16. The number of esters is 2. The van der Waals surface area contributed by atoms with Gasteiger partial charge in [0.25, 0.3) is 0 Å². The van der Waals surface area contributed by atoms with Crippen LogP contribution in [0.15, 0.2) is 12.2 Å². The fraction of sp³-hybridized carbons (Fsp3) is 0.737. The summed E-state index contributed by atoms with van der Waals surface area (Å²) in [6.45, 7) is 5.31. The zero-order valence-electron chi connectivity index (χ0n) is 14.5. The maximum absolute atomic E-state index is 12.8. The van der Waals surface area contributed by atoms with Gasteiger partial charge >= 0.3 is 11.9 Å². The number of carbonyl (C=O) groups is 3. The van der Waals surface area contributed by atoms with Gasteiger partial charge in [-0.05, 0) is 32.6 Å². The van der Waals surface area contributed by atoms with Gasteiger partial charge in [0, 0.05) is 23.5 Å². The van der Waals surface area contributed by atoms with Gasteiger partial charge in [-0.1, -0.05) is 19.4 Å². The summed E-state index contributed by atoms with van der Waals surface area (Å²) < 4.78 is 11.3. The van der Waals surface area contributed by atoms with Gasteiger partial charge in [-0.15, -0.1) is 0 Å². The molecule has 0 spiro atoms. The molecule has 1 amide bonds. The Morgan fingerprint density at radius 1 is 1.24 bits per heavy atom. The molecule has 1 aliphatic heterocycles. The van der Waals surface area contributed by atoms with Crippen molar-refractivity contribution in [2.45, 2.75) is 63.7 Å². The van der Waals surface area contributed by atoms with Crippen LogP contribution in [0.25, 0.3) is 0 Å². The van der Waals surface area contributed by atoms with Gasteiger partial charge in [0.2, 0.25) is 5.91 Å². The van der Waals surface area contributed by atoms with Crippen LogP contribution in [0.1, 0.15) is 45.4 Å². The summed E-state index contributed by atoms with van der Waals surface area (Å²) in [6, 6.07) is -0.206. The first-order chi connectivity index (χ1) is 12.0. The molecule has 4 fully saturated rings. The van der Waals surface area contributed by atoms with Crippen LogP contribution in [0.3, 0.4) is 0 Å². The fourth-order valence-corrected chi connectivity index (χ4v) is 5.16. The predicted molar refractivity (Wildman–Crippen MR) is 88.2 cm³/mol. The summed E-state index contributed by atoms with van der Waals surface area (Å²) >= 11 is 0. The van der Waals surface area contributed by atoms with E-state index in [1.807, 2.05) is 0 Å². The maximum atomic E-state index is 12.8. The summed E-state index contributed by atoms with van der Waals surface area (Å²) in [5.74, 6) is -0.449. The average Bonchev–Trinajstić information content (AvgIpc) is 3.20. The van der Waals surface area contributed by atoms with Gasteiger partial charge < -0.3 is 14.8 Å². The smallest absolute Gasteiger partial charge is 0.311 e. The minimum Gasteiger partial charge on any atom is -0.458 e. The van der Waals surface area contributed by atoms with Crippen molar-refractivity contribution in [3.05, 3.63) is 12.2 Å². The van der Waals surface area contributed by atoms with E-state index in [2.05, 4.69) is 11.9 Å². The lowest BCUT2D eigenvalue weighted by Gasteiger charge is -2.33. The Hall–Kier alpha value is -1.85. The quantitative estimate of drug-likeness (QED) is 0.619. The highest BCUT2D eigenvalue weighted by Gasteiger charge is 2.63. The van der Waals surface area contributed by atoms with Gasteiger partial charge in [0.15, 0.2) is 0 Å². The molecule has 3 saturated carbocycles. The van der Waals surface area contributed by atoms with Gasteiger partial charge in [-0.2, -0.15) is 0 Å². The zero-order valence-corrected chi connectivity index (χ0v) is 14.5. The number of hydrogen-bond donors (Lipinski definition) is 1. The van der Waals surface area contributed by atoms with E-state index in [4.69, 9.17) is 9.47 Å². The second-order valence-corrected chi connectivity index (χ2v) is 8.06. The molecule has 3 aliphatic carbocycles. The second-order valence-electron chi connectivity index (χ2n) is 8.06. The first kappa shape index (κ1) is 16.6. The Morgan fingerprint density at radius 3 is 2.76 bits per heavy atom. The van der Waals surface area contributed by atoms with E-state index >= 15 is 0 Å². The summed E-state index contributed by atoms with van der Waals surface area (Å²) in [5, 5.41) is 2.92. The Morgan fingerprint density at radius 2 is 2.00 bits per heavy atom. The van der Waals surface area contributed by atoms with E-state index in [0.717, 1.165) is 32.1 Å². The van der Waals surface area contributed by atoms with Gasteiger partial charge in [0.05, 0.1) is 11.8 Å². The molecule has 1 N–H and O–H groups in total. The van der Waals surface area contributed by atoms with Crippen LogP contribution in [-0.2, 0) is 23.9 Å². The summed E-state index contributed by atoms with van der Waals surface area (Å²) in [7, 11) is 0. The predicted octanol–water partition coefficient (Wildman–Crippen LogP) is 1.73. The lowest BCUT2D eigenvalue weighted by molar-refractivity contribution is -0.167. The monoisotopic (exact) mass is 347 g/mol. The van der Waals surface area contributed by atoms with Crippen LogP contribution in [0, 0.1) is 23.7 Å². The van der Waals surface area contributed by atoms with Crippen molar-refractivity contribution in [2.75, 3.05) is 0 Å². The van der Waals surface area contributed by atoms with E-state index < -0.39 is 0 Å². The molecule has 1 saturated heterocycles. The molecule has 6 nitrogen and oxygen atoms in total.